The maximum Gasteiger partial charge on any atom is 0.0887 e. The SMILES string of the molecule is O/N=C1\CC(c2ccc(Cl)cc2)(c2ccc(Cl)cc2)c2ccc(Cl)cc21. The van der Waals surface area contributed by atoms with Crippen LogP contribution in [0.3, 0.4) is 0 Å². The summed E-state index contributed by atoms with van der Waals surface area (Å²) in [7, 11) is 0. The molecule has 0 spiro atoms. The number of halogens is 3. The van der Waals surface area contributed by atoms with E-state index in [0.29, 0.717) is 27.2 Å². The number of nitrogens with zero attached hydrogens (tertiary/aromatic N) is 1. The van der Waals surface area contributed by atoms with Gasteiger partial charge in [-0.2, -0.15) is 0 Å². The highest BCUT2D eigenvalue weighted by Crippen LogP contribution is 2.50. The Balaban J connectivity index is 2.05. The van der Waals surface area contributed by atoms with E-state index in [1.165, 1.54) is 0 Å². The highest BCUT2D eigenvalue weighted by atomic mass is 35.5. The second-order valence-corrected chi connectivity index (χ2v) is 7.64. The van der Waals surface area contributed by atoms with Crippen molar-refractivity contribution in [2.45, 2.75) is 11.8 Å². The fourth-order valence-corrected chi connectivity index (χ4v) is 4.23. The van der Waals surface area contributed by atoms with Gasteiger partial charge in [0.2, 0.25) is 0 Å². The van der Waals surface area contributed by atoms with Gasteiger partial charge in [-0.15, -0.1) is 0 Å². The fraction of sp³-hybridized carbons (Fsp3) is 0.0952. The number of oxime groups is 1. The third kappa shape index (κ3) is 2.69. The molecule has 0 bridgehead atoms. The van der Waals surface area contributed by atoms with E-state index in [1.54, 1.807) is 0 Å². The zero-order valence-electron chi connectivity index (χ0n) is 13.6. The topological polar surface area (TPSA) is 32.6 Å². The number of benzene rings is 3. The molecule has 0 heterocycles. The van der Waals surface area contributed by atoms with Gasteiger partial charge in [0.25, 0.3) is 0 Å². The highest BCUT2D eigenvalue weighted by Gasteiger charge is 2.45. The molecule has 0 aromatic heterocycles. The van der Waals surface area contributed by atoms with Crippen molar-refractivity contribution in [1.29, 1.82) is 0 Å². The van der Waals surface area contributed by atoms with Crippen molar-refractivity contribution >= 4 is 40.5 Å². The van der Waals surface area contributed by atoms with E-state index in [4.69, 9.17) is 34.8 Å². The lowest BCUT2D eigenvalue weighted by Gasteiger charge is -2.32. The Morgan fingerprint density at radius 2 is 1.23 bits per heavy atom. The Labute approximate surface area is 166 Å². The molecule has 3 aromatic rings. The molecule has 0 fully saturated rings. The van der Waals surface area contributed by atoms with Gasteiger partial charge in [-0.05, 0) is 53.1 Å². The van der Waals surface area contributed by atoms with Crippen molar-refractivity contribution in [3.05, 3.63) is 104 Å². The van der Waals surface area contributed by atoms with Gasteiger partial charge >= 0.3 is 0 Å². The highest BCUT2D eigenvalue weighted by molar-refractivity contribution is 6.31. The first-order valence-corrected chi connectivity index (χ1v) is 9.21. The van der Waals surface area contributed by atoms with E-state index in [9.17, 15) is 5.21 Å². The summed E-state index contributed by atoms with van der Waals surface area (Å²) in [6.45, 7) is 0. The summed E-state index contributed by atoms with van der Waals surface area (Å²) in [5, 5.41) is 15.1. The monoisotopic (exact) mass is 401 g/mol. The first-order valence-electron chi connectivity index (χ1n) is 8.08. The van der Waals surface area contributed by atoms with Crippen LogP contribution in [0, 0.1) is 0 Å². The van der Waals surface area contributed by atoms with Crippen LogP contribution in [0.1, 0.15) is 28.7 Å². The molecule has 0 atom stereocenters. The molecule has 26 heavy (non-hydrogen) atoms. The smallest absolute Gasteiger partial charge is 0.0887 e. The molecular weight excluding hydrogens is 389 g/mol. The van der Waals surface area contributed by atoms with Crippen LogP contribution in [0.2, 0.25) is 15.1 Å². The van der Waals surface area contributed by atoms with Gasteiger partial charge in [0.05, 0.1) is 11.1 Å². The Morgan fingerprint density at radius 1 is 0.731 bits per heavy atom. The molecule has 2 nitrogen and oxygen atoms in total. The Bertz CT molecular complexity index is 949. The van der Waals surface area contributed by atoms with Crippen LogP contribution in [0.25, 0.3) is 0 Å². The van der Waals surface area contributed by atoms with Gasteiger partial charge in [0.1, 0.15) is 0 Å². The zero-order chi connectivity index (χ0) is 18.3. The molecule has 0 aliphatic heterocycles. The van der Waals surface area contributed by atoms with Crippen LogP contribution in [0.4, 0.5) is 0 Å². The third-order valence-electron chi connectivity index (χ3n) is 4.98. The summed E-state index contributed by atoms with van der Waals surface area (Å²) in [4.78, 5) is 0. The third-order valence-corrected chi connectivity index (χ3v) is 5.72. The predicted molar refractivity (Wildman–Crippen MR) is 107 cm³/mol. The quantitative estimate of drug-likeness (QED) is 0.382. The minimum absolute atomic E-state index is 0.503. The molecule has 4 rings (SSSR count). The summed E-state index contributed by atoms with van der Waals surface area (Å²) in [5.74, 6) is 0. The molecule has 0 saturated heterocycles. The molecule has 1 aliphatic carbocycles. The molecule has 3 aromatic carbocycles. The molecule has 0 unspecified atom stereocenters. The Hall–Kier alpha value is -2.00. The minimum Gasteiger partial charge on any atom is -0.411 e. The lowest BCUT2D eigenvalue weighted by atomic mass is 9.70. The second kappa shape index (κ2) is 6.62. The van der Waals surface area contributed by atoms with Crippen molar-refractivity contribution in [3.8, 4) is 0 Å². The van der Waals surface area contributed by atoms with Crippen LogP contribution in [0.5, 0.6) is 0 Å². The van der Waals surface area contributed by atoms with E-state index in [0.717, 1.165) is 22.3 Å². The molecule has 1 N–H and O–H groups in total. The van der Waals surface area contributed by atoms with Gasteiger partial charge in [0.15, 0.2) is 0 Å². The van der Waals surface area contributed by atoms with E-state index in [1.807, 2.05) is 66.7 Å². The van der Waals surface area contributed by atoms with Crippen molar-refractivity contribution in [2.24, 2.45) is 5.16 Å². The number of hydrogen-bond donors (Lipinski definition) is 1. The van der Waals surface area contributed by atoms with Gasteiger partial charge in [0, 0.05) is 27.1 Å². The van der Waals surface area contributed by atoms with Crippen LogP contribution < -0.4 is 0 Å². The van der Waals surface area contributed by atoms with Crippen LogP contribution >= 0.6 is 34.8 Å². The van der Waals surface area contributed by atoms with Crippen LogP contribution in [-0.4, -0.2) is 10.9 Å². The first kappa shape index (κ1) is 17.4. The Morgan fingerprint density at radius 3 is 1.73 bits per heavy atom. The van der Waals surface area contributed by atoms with Crippen LogP contribution in [-0.2, 0) is 5.41 Å². The number of rotatable bonds is 2. The zero-order valence-corrected chi connectivity index (χ0v) is 15.9. The maximum atomic E-state index is 9.62. The normalized spacial score (nSPS) is 16.7. The summed E-state index contributed by atoms with van der Waals surface area (Å²) in [6.07, 6.45) is 0.516. The molecule has 5 heteroatoms. The maximum absolute atomic E-state index is 9.62. The molecule has 0 saturated carbocycles. The summed E-state index contributed by atoms with van der Waals surface area (Å²) in [5.41, 5.74) is 4.12. The average Bonchev–Trinajstić information content (AvgIpc) is 2.97. The van der Waals surface area contributed by atoms with E-state index in [2.05, 4.69) is 5.16 Å². The first-order chi connectivity index (χ1) is 12.5. The van der Waals surface area contributed by atoms with E-state index >= 15 is 0 Å². The van der Waals surface area contributed by atoms with Crippen LogP contribution in [0.15, 0.2) is 71.9 Å². The Kier molecular flexibility index (Phi) is 4.44. The molecule has 130 valence electrons. The number of hydrogen-bond acceptors (Lipinski definition) is 2. The number of fused-ring (bicyclic) bond motifs is 1. The van der Waals surface area contributed by atoms with E-state index < -0.39 is 5.41 Å². The molecular formula is C21H14Cl3NO. The standard InChI is InChI=1S/C21H14Cl3NO/c22-15-5-1-13(2-6-15)21(14-3-7-16(23)8-4-14)12-20(25-26)18-11-17(24)9-10-19(18)21/h1-11,26H,12H2/b25-20+. The van der Waals surface area contributed by atoms with Gasteiger partial charge < -0.3 is 5.21 Å². The lowest BCUT2D eigenvalue weighted by Crippen LogP contribution is -2.27. The largest absolute Gasteiger partial charge is 0.411 e. The van der Waals surface area contributed by atoms with Gasteiger partial charge in [-0.25, -0.2) is 0 Å². The van der Waals surface area contributed by atoms with Gasteiger partial charge in [-0.3, -0.25) is 0 Å². The summed E-state index contributed by atoms with van der Waals surface area (Å²) < 4.78 is 0. The molecule has 0 radical (unpaired) electrons. The van der Waals surface area contributed by atoms with Crippen molar-refractivity contribution in [1.82, 2.24) is 0 Å². The molecule has 1 aliphatic rings. The van der Waals surface area contributed by atoms with E-state index in [-0.39, 0.29) is 0 Å². The van der Waals surface area contributed by atoms with Crippen molar-refractivity contribution < 1.29 is 5.21 Å². The average molecular weight is 403 g/mol. The van der Waals surface area contributed by atoms with Crippen molar-refractivity contribution in [2.75, 3.05) is 0 Å². The summed E-state index contributed by atoms with van der Waals surface area (Å²) >= 11 is 18.4. The molecule has 0 amide bonds. The minimum atomic E-state index is -0.503. The van der Waals surface area contributed by atoms with Crippen molar-refractivity contribution in [3.63, 3.8) is 0 Å². The lowest BCUT2D eigenvalue weighted by molar-refractivity contribution is 0.318. The second-order valence-electron chi connectivity index (χ2n) is 6.33. The summed E-state index contributed by atoms with van der Waals surface area (Å²) in [6, 6.07) is 21.2. The fourth-order valence-electron chi connectivity index (χ4n) is 3.81. The predicted octanol–water partition coefficient (Wildman–Crippen LogP) is 6.56. The van der Waals surface area contributed by atoms with Gasteiger partial charge in [-0.1, -0.05) is 70.3 Å².